The number of hydrogen-bond acceptors (Lipinski definition) is 3. The minimum absolute atomic E-state index is 0.153. The van der Waals surface area contributed by atoms with Gasteiger partial charge in [-0.2, -0.15) is 5.10 Å². The van der Waals surface area contributed by atoms with E-state index in [-0.39, 0.29) is 18.1 Å². The molecule has 19 heavy (non-hydrogen) atoms. The van der Waals surface area contributed by atoms with Crippen molar-refractivity contribution in [3.63, 3.8) is 0 Å². The molecule has 0 atom stereocenters. The van der Waals surface area contributed by atoms with Crippen LogP contribution in [0, 0.1) is 0 Å². The van der Waals surface area contributed by atoms with Gasteiger partial charge < -0.3 is 10.4 Å². The number of aromatic nitrogens is 2. The highest BCUT2D eigenvalue weighted by Gasteiger charge is 2.07. The van der Waals surface area contributed by atoms with Crippen LogP contribution in [0.2, 0.25) is 0 Å². The van der Waals surface area contributed by atoms with E-state index in [0.29, 0.717) is 5.82 Å². The third-order valence-corrected chi connectivity index (χ3v) is 2.69. The molecule has 100 valence electrons. The number of phenolic OH excluding ortho intramolecular Hbond substituents is 1. The fourth-order valence-corrected chi connectivity index (χ4v) is 1.86. The molecular weight excluding hydrogens is 242 g/mol. The predicted octanol–water partition coefficient (Wildman–Crippen LogP) is 2.25. The molecule has 0 saturated heterocycles. The summed E-state index contributed by atoms with van der Waals surface area (Å²) in [6, 6.07) is 8.50. The lowest BCUT2D eigenvalue weighted by molar-refractivity contribution is -0.115. The molecule has 0 aliphatic carbocycles. The fraction of sp³-hybridized carbons (Fsp3) is 0.286. The molecule has 0 saturated carbocycles. The van der Waals surface area contributed by atoms with E-state index in [9.17, 15) is 9.90 Å². The number of phenols is 1. The number of carbonyl (C=O) groups is 1. The molecule has 1 aromatic heterocycles. The number of carbonyl (C=O) groups excluding carboxylic acids is 1. The Labute approximate surface area is 111 Å². The van der Waals surface area contributed by atoms with Gasteiger partial charge in [-0.3, -0.25) is 9.89 Å². The second kappa shape index (κ2) is 6.04. The van der Waals surface area contributed by atoms with Crippen molar-refractivity contribution in [3.8, 4) is 5.75 Å². The molecule has 2 rings (SSSR count). The van der Waals surface area contributed by atoms with Gasteiger partial charge in [0.25, 0.3) is 0 Å². The zero-order chi connectivity index (χ0) is 13.7. The number of anilines is 1. The van der Waals surface area contributed by atoms with Gasteiger partial charge in [0, 0.05) is 11.8 Å². The topological polar surface area (TPSA) is 78.0 Å². The first-order valence-corrected chi connectivity index (χ1v) is 6.29. The Hall–Kier alpha value is -2.30. The van der Waals surface area contributed by atoms with Gasteiger partial charge in [-0.05, 0) is 24.1 Å². The second-order valence-electron chi connectivity index (χ2n) is 4.42. The Morgan fingerprint density at radius 1 is 1.42 bits per heavy atom. The molecule has 0 aliphatic heterocycles. The summed E-state index contributed by atoms with van der Waals surface area (Å²) in [6.07, 6.45) is 2.15. The van der Waals surface area contributed by atoms with Crippen molar-refractivity contribution in [2.75, 3.05) is 5.32 Å². The molecule has 2 aromatic rings. The predicted molar refractivity (Wildman–Crippen MR) is 73.0 cm³/mol. The van der Waals surface area contributed by atoms with Gasteiger partial charge in [0.05, 0.1) is 6.42 Å². The number of aromatic amines is 1. The summed E-state index contributed by atoms with van der Waals surface area (Å²) >= 11 is 0. The van der Waals surface area contributed by atoms with Crippen LogP contribution in [-0.4, -0.2) is 21.2 Å². The molecule has 0 unspecified atom stereocenters. The van der Waals surface area contributed by atoms with E-state index in [2.05, 4.69) is 22.4 Å². The molecule has 0 radical (unpaired) electrons. The summed E-state index contributed by atoms with van der Waals surface area (Å²) in [5.74, 6) is 0.545. The smallest absolute Gasteiger partial charge is 0.229 e. The minimum atomic E-state index is -0.153. The number of hydrogen-bond donors (Lipinski definition) is 3. The number of amides is 1. The molecule has 1 amide bonds. The van der Waals surface area contributed by atoms with E-state index in [0.717, 1.165) is 24.1 Å². The van der Waals surface area contributed by atoms with Crippen LogP contribution in [0.5, 0.6) is 5.75 Å². The lowest BCUT2D eigenvalue weighted by Crippen LogP contribution is -2.14. The van der Waals surface area contributed by atoms with Crippen LogP contribution >= 0.6 is 0 Å². The zero-order valence-electron chi connectivity index (χ0n) is 10.8. The van der Waals surface area contributed by atoms with Crippen LogP contribution < -0.4 is 5.32 Å². The molecule has 0 spiro atoms. The van der Waals surface area contributed by atoms with Crippen molar-refractivity contribution < 1.29 is 9.90 Å². The highest BCUT2D eigenvalue weighted by Crippen LogP contribution is 2.12. The summed E-state index contributed by atoms with van der Waals surface area (Å²) < 4.78 is 0. The fourth-order valence-electron chi connectivity index (χ4n) is 1.86. The van der Waals surface area contributed by atoms with Crippen LogP contribution in [-0.2, 0) is 17.6 Å². The van der Waals surface area contributed by atoms with Crippen LogP contribution in [0.15, 0.2) is 30.3 Å². The van der Waals surface area contributed by atoms with Crippen molar-refractivity contribution in [2.45, 2.75) is 26.2 Å². The average Bonchev–Trinajstić information content (AvgIpc) is 2.77. The first-order chi connectivity index (χ1) is 9.17. The lowest BCUT2D eigenvalue weighted by Gasteiger charge is -2.02. The molecule has 3 N–H and O–H groups in total. The van der Waals surface area contributed by atoms with E-state index in [1.54, 1.807) is 24.3 Å². The quantitative estimate of drug-likeness (QED) is 0.770. The molecule has 1 aromatic carbocycles. The zero-order valence-corrected chi connectivity index (χ0v) is 10.8. The van der Waals surface area contributed by atoms with Gasteiger partial charge in [0.15, 0.2) is 5.82 Å². The number of nitrogens with one attached hydrogen (secondary N) is 2. The van der Waals surface area contributed by atoms with Gasteiger partial charge in [0.1, 0.15) is 5.75 Å². The third-order valence-electron chi connectivity index (χ3n) is 2.69. The van der Waals surface area contributed by atoms with E-state index < -0.39 is 0 Å². The van der Waals surface area contributed by atoms with Gasteiger partial charge >= 0.3 is 0 Å². The van der Waals surface area contributed by atoms with E-state index in [1.165, 1.54) is 0 Å². The Bertz CT molecular complexity index is 563. The van der Waals surface area contributed by atoms with E-state index in [4.69, 9.17) is 0 Å². The van der Waals surface area contributed by atoms with Crippen LogP contribution in [0.4, 0.5) is 5.82 Å². The van der Waals surface area contributed by atoms with Crippen molar-refractivity contribution in [1.29, 1.82) is 0 Å². The standard InChI is InChI=1S/C14H17N3O2/c1-2-4-11-9-13(17-16-11)15-14(19)8-10-5-3-6-12(18)7-10/h3,5-7,9,18H,2,4,8H2,1H3,(H2,15,16,17,19). The molecule has 5 nitrogen and oxygen atoms in total. The summed E-state index contributed by atoms with van der Waals surface area (Å²) in [5, 5.41) is 19.0. The van der Waals surface area contributed by atoms with Crippen LogP contribution in [0.25, 0.3) is 0 Å². The van der Waals surface area contributed by atoms with Crippen LogP contribution in [0.3, 0.4) is 0 Å². The largest absolute Gasteiger partial charge is 0.508 e. The van der Waals surface area contributed by atoms with Crippen molar-refractivity contribution in [2.24, 2.45) is 0 Å². The normalized spacial score (nSPS) is 10.4. The molecular formula is C14H17N3O2. The highest BCUT2D eigenvalue weighted by atomic mass is 16.3. The molecule has 0 aliphatic rings. The Kier molecular flexibility index (Phi) is 4.18. The lowest BCUT2D eigenvalue weighted by atomic mass is 10.1. The van der Waals surface area contributed by atoms with E-state index >= 15 is 0 Å². The monoisotopic (exact) mass is 259 g/mol. The Morgan fingerprint density at radius 2 is 2.26 bits per heavy atom. The number of benzene rings is 1. The van der Waals surface area contributed by atoms with Gasteiger partial charge in [0.2, 0.25) is 5.91 Å². The maximum Gasteiger partial charge on any atom is 0.229 e. The van der Waals surface area contributed by atoms with Crippen molar-refractivity contribution in [1.82, 2.24) is 10.2 Å². The molecule has 0 bridgehead atoms. The highest BCUT2D eigenvalue weighted by molar-refractivity contribution is 5.91. The summed E-state index contributed by atoms with van der Waals surface area (Å²) in [4.78, 5) is 11.8. The average molecular weight is 259 g/mol. The Balaban J connectivity index is 1.93. The maximum absolute atomic E-state index is 11.8. The number of aromatic hydroxyl groups is 1. The van der Waals surface area contributed by atoms with Crippen molar-refractivity contribution in [3.05, 3.63) is 41.6 Å². The van der Waals surface area contributed by atoms with E-state index in [1.807, 2.05) is 6.07 Å². The molecule has 1 heterocycles. The third kappa shape index (κ3) is 3.84. The summed E-state index contributed by atoms with van der Waals surface area (Å²) in [7, 11) is 0. The Morgan fingerprint density at radius 3 is 3.00 bits per heavy atom. The first-order valence-electron chi connectivity index (χ1n) is 6.29. The minimum Gasteiger partial charge on any atom is -0.508 e. The second-order valence-corrected chi connectivity index (χ2v) is 4.42. The molecule has 5 heteroatoms. The van der Waals surface area contributed by atoms with Gasteiger partial charge in [-0.15, -0.1) is 0 Å². The van der Waals surface area contributed by atoms with Crippen LogP contribution in [0.1, 0.15) is 24.6 Å². The number of aryl methyl sites for hydroxylation is 1. The number of H-pyrrole nitrogens is 1. The van der Waals surface area contributed by atoms with Crippen molar-refractivity contribution >= 4 is 11.7 Å². The first kappa shape index (κ1) is 13.1. The summed E-state index contributed by atoms with van der Waals surface area (Å²) in [6.45, 7) is 2.08. The number of rotatable bonds is 5. The maximum atomic E-state index is 11.8. The molecule has 0 fully saturated rings. The SMILES string of the molecule is CCCc1cc(NC(=O)Cc2cccc(O)c2)n[nH]1. The summed E-state index contributed by atoms with van der Waals surface area (Å²) in [5.41, 5.74) is 1.77. The van der Waals surface area contributed by atoms with Gasteiger partial charge in [-0.1, -0.05) is 25.5 Å². The number of nitrogens with zero attached hydrogens (tertiary/aromatic N) is 1. The van der Waals surface area contributed by atoms with Gasteiger partial charge in [-0.25, -0.2) is 0 Å².